The fourth-order valence-electron chi connectivity index (χ4n) is 1.42. The topological polar surface area (TPSA) is 47.0 Å². The molecule has 0 radical (unpaired) electrons. The predicted octanol–water partition coefficient (Wildman–Crippen LogP) is 1.43. The third kappa shape index (κ3) is 3.91. The summed E-state index contributed by atoms with van der Waals surface area (Å²) in [5, 5.41) is 3.51. The van der Waals surface area contributed by atoms with Crippen molar-refractivity contribution in [3.8, 4) is 0 Å². The molecule has 1 aromatic heterocycles. The summed E-state index contributed by atoms with van der Waals surface area (Å²) in [5.74, 6) is 0. The highest BCUT2D eigenvalue weighted by Gasteiger charge is 2.14. The van der Waals surface area contributed by atoms with Gasteiger partial charge in [-0.3, -0.25) is 0 Å². The van der Waals surface area contributed by atoms with Crippen LogP contribution in [0.1, 0.15) is 12.1 Å². The summed E-state index contributed by atoms with van der Waals surface area (Å²) in [4.78, 5) is 7.85. The van der Waals surface area contributed by atoms with Crippen molar-refractivity contribution in [1.29, 1.82) is 0 Å². The molecule has 0 amide bonds. The van der Waals surface area contributed by atoms with Crippen molar-refractivity contribution in [1.82, 2.24) is 15.3 Å². The van der Waals surface area contributed by atoms with E-state index in [4.69, 9.17) is 16.3 Å². The second kappa shape index (κ2) is 6.23. The Morgan fingerprint density at radius 1 is 1.60 bits per heavy atom. The van der Waals surface area contributed by atoms with Crippen LogP contribution in [0, 0.1) is 0 Å². The number of nitrogens with zero attached hydrogens (tertiary/aromatic N) is 2. The van der Waals surface area contributed by atoms with Gasteiger partial charge in [-0.15, -0.1) is 12.4 Å². The molecule has 0 unspecified atom stereocenters. The van der Waals surface area contributed by atoms with E-state index < -0.39 is 0 Å². The largest absolute Gasteiger partial charge is 0.371 e. The maximum Gasteiger partial charge on any atom is 0.222 e. The molecule has 1 aliphatic rings. The van der Waals surface area contributed by atoms with Gasteiger partial charge in [-0.2, -0.15) is 0 Å². The summed E-state index contributed by atoms with van der Waals surface area (Å²) in [7, 11) is 0. The van der Waals surface area contributed by atoms with E-state index in [9.17, 15) is 0 Å². The molecule has 6 heteroatoms. The van der Waals surface area contributed by atoms with Crippen LogP contribution in [0.5, 0.6) is 0 Å². The molecule has 4 nitrogen and oxygen atoms in total. The van der Waals surface area contributed by atoms with Gasteiger partial charge in [-0.25, -0.2) is 9.97 Å². The number of ether oxygens (including phenoxy) is 1. The fraction of sp³-hybridized carbons (Fsp3) is 0.556. The first-order valence-corrected chi connectivity index (χ1v) is 5.02. The Hall–Kier alpha value is -0.420. The average Bonchev–Trinajstić information content (AvgIpc) is 2.67. The minimum Gasteiger partial charge on any atom is -0.371 e. The molecule has 0 saturated carbocycles. The Morgan fingerprint density at radius 2 is 2.47 bits per heavy atom. The Morgan fingerprint density at radius 3 is 3.13 bits per heavy atom. The summed E-state index contributed by atoms with van der Waals surface area (Å²) in [6, 6.07) is 1.81. The highest BCUT2D eigenvalue weighted by atomic mass is 35.5. The lowest BCUT2D eigenvalue weighted by Gasteiger charge is -2.09. The second-order valence-corrected chi connectivity index (χ2v) is 3.58. The van der Waals surface area contributed by atoms with Gasteiger partial charge in [0.2, 0.25) is 5.28 Å². The number of aromatic nitrogens is 2. The van der Waals surface area contributed by atoms with Crippen LogP contribution >= 0.6 is 24.0 Å². The Labute approximate surface area is 99.8 Å². The minimum atomic E-state index is 0. The summed E-state index contributed by atoms with van der Waals surface area (Å²) in [6.45, 7) is 2.47. The van der Waals surface area contributed by atoms with Gasteiger partial charge in [0.25, 0.3) is 0 Å². The van der Waals surface area contributed by atoms with Crippen molar-refractivity contribution < 1.29 is 4.74 Å². The molecule has 1 aromatic rings. The monoisotopic (exact) mass is 249 g/mol. The van der Waals surface area contributed by atoms with Gasteiger partial charge < -0.3 is 10.1 Å². The van der Waals surface area contributed by atoms with Crippen molar-refractivity contribution in [2.24, 2.45) is 0 Å². The maximum absolute atomic E-state index is 5.65. The third-order valence-corrected chi connectivity index (χ3v) is 2.35. The summed E-state index contributed by atoms with van der Waals surface area (Å²) >= 11 is 5.65. The highest BCUT2D eigenvalue weighted by Crippen LogP contribution is 2.07. The van der Waals surface area contributed by atoms with Crippen LogP contribution in [0.4, 0.5) is 0 Å². The zero-order valence-corrected chi connectivity index (χ0v) is 9.72. The maximum atomic E-state index is 5.65. The first-order valence-electron chi connectivity index (χ1n) is 4.64. The van der Waals surface area contributed by atoms with Gasteiger partial charge in [-0.05, 0) is 30.6 Å². The third-order valence-electron chi connectivity index (χ3n) is 2.17. The smallest absolute Gasteiger partial charge is 0.222 e. The molecule has 15 heavy (non-hydrogen) atoms. The van der Waals surface area contributed by atoms with Crippen molar-refractivity contribution in [2.75, 3.05) is 13.1 Å². The average molecular weight is 250 g/mol. The van der Waals surface area contributed by atoms with E-state index in [1.807, 2.05) is 6.07 Å². The lowest BCUT2D eigenvalue weighted by Crippen LogP contribution is -2.16. The molecule has 1 atom stereocenters. The van der Waals surface area contributed by atoms with Gasteiger partial charge in [0.1, 0.15) is 0 Å². The van der Waals surface area contributed by atoms with Crippen LogP contribution in [0.3, 0.4) is 0 Å². The van der Waals surface area contributed by atoms with Crippen LogP contribution in [0.15, 0.2) is 12.3 Å². The SMILES string of the molecule is Cl.Clc1nccc(CO[C@H]2CCNC2)n1. The Balaban J connectivity index is 0.00000112. The number of nitrogens with one attached hydrogen (secondary N) is 1. The summed E-state index contributed by atoms with van der Waals surface area (Å²) in [5.41, 5.74) is 0.830. The molecule has 0 spiro atoms. The zero-order chi connectivity index (χ0) is 9.80. The van der Waals surface area contributed by atoms with Crippen LogP contribution in [0.2, 0.25) is 5.28 Å². The normalized spacial score (nSPS) is 19.9. The van der Waals surface area contributed by atoms with Crippen molar-refractivity contribution in [3.63, 3.8) is 0 Å². The molecule has 0 aromatic carbocycles. The van der Waals surface area contributed by atoms with Crippen LogP contribution in [0.25, 0.3) is 0 Å². The van der Waals surface area contributed by atoms with E-state index in [2.05, 4.69) is 15.3 Å². The lowest BCUT2D eigenvalue weighted by molar-refractivity contribution is 0.0522. The molecule has 0 bridgehead atoms. The lowest BCUT2D eigenvalue weighted by atomic mass is 10.3. The van der Waals surface area contributed by atoms with Crippen molar-refractivity contribution >= 4 is 24.0 Å². The van der Waals surface area contributed by atoms with Gasteiger partial charge in [0, 0.05) is 12.7 Å². The molecule has 1 N–H and O–H groups in total. The first kappa shape index (κ1) is 12.6. The molecular weight excluding hydrogens is 237 g/mol. The molecule has 1 fully saturated rings. The quantitative estimate of drug-likeness (QED) is 0.824. The molecule has 84 valence electrons. The molecule has 1 saturated heterocycles. The Bertz CT molecular complexity index is 305. The van der Waals surface area contributed by atoms with E-state index in [1.54, 1.807) is 6.20 Å². The second-order valence-electron chi connectivity index (χ2n) is 3.24. The standard InChI is InChI=1S/C9H12ClN3O.ClH/c10-9-12-4-1-7(13-9)6-14-8-2-3-11-5-8;/h1,4,8,11H,2-3,5-6H2;1H/t8-;/m0./s1. The number of halogens is 2. The number of rotatable bonds is 3. The summed E-state index contributed by atoms with van der Waals surface area (Å²) in [6.07, 6.45) is 3.02. The molecule has 0 aliphatic carbocycles. The summed E-state index contributed by atoms with van der Waals surface area (Å²) < 4.78 is 5.63. The van der Waals surface area contributed by atoms with Gasteiger partial charge in [0.05, 0.1) is 18.4 Å². The van der Waals surface area contributed by atoms with Crippen LogP contribution < -0.4 is 5.32 Å². The van der Waals surface area contributed by atoms with E-state index in [0.29, 0.717) is 12.7 Å². The molecule has 1 aliphatic heterocycles. The van der Waals surface area contributed by atoms with Crippen LogP contribution in [-0.2, 0) is 11.3 Å². The minimum absolute atomic E-state index is 0. The first-order chi connectivity index (χ1) is 6.84. The van der Waals surface area contributed by atoms with E-state index in [1.165, 1.54) is 0 Å². The van der Waals surface area contributed by atoms with Crippen molar-refractivity contribution in [3.05, 3.63) is 23.2 Å². The Kier molecular flexibility index (Phi) is 5.25. The van der Waals surface area contributed by atoms with E-state index >= 15 is 0 Å². The predicted molar refractivity (Wildman–Crippen MR) is 60.4 cm³/mol. The fourth-order valence-corrected chi connectivity index (χ4v) is 1.59. The van der Waals surface area contributed by atoms with E-state index in [-0.39, 0.29) is 17.7 Å². The highest BCUT2D eigenvalue weighted by molar-refractivity contribution is 6.28. The molecule has 2 heterocycles. The number of hydrogen-bond donors (Lipinski definition) is 1. The molecular formula is C9H13Cl2N3O. The molecule has 2 rings (SSSR count). The van der Waals surface area contributed by atoms with E-state index in [0.717, 1.165) is 25.2 Å². The van der Waals surface area contributed by atoms with Gasteiger partial charge in [-0.1, -0.05) is 0 Å². The van der Waals surface area contributed by atoms with Gasteiger partial charge in [0.15, 0.2) is 0 Å². The zero-order valence-electron chi connectivity index (χ0n) is 8.15. The van der Waals surface area contributed by atoms with Gasteiger partial charge >= 0.3 is 0 Å². The number of hydrogen-bond acceptors (Lipinski definition) is 4. The van der Waals surface area contributed by atoms with Crippen molar-refractivity contribution in [2.45, 2.75) is 19.1 Å². The van der Waals surface area contributed by atoms with Crippen LogP contribution in [-0.4, -0.2) is 29.2 Å².